The lowest BCUT2D eigenvalue weighted by molar-refractivity contribution is 0.300. The van der Waals surface area contributed by atoms with Gasteiger partial charge in [0.15, 0.2) is 5.16 Å². The lowest BCUT2D eigenvalue weighted by Gasteiger charge is -2.19. The van der Waals surface area contributed by atoms with Crippen molar-refractivity contribution in [1.82, 2.24) is 15.0 Å². The Kier molecular flexibility index (Phi) is 6.86. The number of nitrogens with one attached hydrogen (secondary N) is 1. The van der Waals surface area contributed by atoms with Crippen molar-refractivity contribution in [3.8, 4) is 0 Å². The molecule has 6 nitrogen and oxygen atoms in total. The molecule has 1 rings (SSSR count). The third-order valence-electron chi connectivity index (χ3n) is 2.55. The number of aliphatic hydroxyl groups is 1. The van der Waals surface area contributed by atoms with Crippen LogP contribution in [0, 0.1) is 0 Å². The van der Waals surface area contributed by atoms with Crippen LogP contribution < -0.4 is 10.2 Å². The Morgan fingerprint density at radius 3 is 2.42 bits per heavy atom. The smallest absolute Gasteiger partial charge is 0.231 e. The van der Waals surface area contributed by atoms with Crippen LogP contribution in [0.2, 0.25) is 0 Å². The average Bonchev–Trinajstić information content (AvgIpc) is 2.40. The third kappa shape index (κ3) is 4.83. The molecule has 0 spiro atoms. The van der Waals surface area contributed by atoms with Gasteiger partial charge in [0.25, 0.3) is 0 Å². The van der Waals surface area contributed by atoms with Gasteiger partial charge in [-0.1, -0.05) is 18.7 Å². The van der Waals surface area contributed by atoms with Crippen LogP contribution in [-0.2, 0) is 0 Å². The molecule has 1 atom stereocenters. The molecule has 0 amide bonds. The quantitative estimate of drug-likeness (QED) is 0.703. The summed E-state index contributed by atoms with van der Waals surface area (Å²) in [4.78, 5) is 15.3. The minimum atomic E-state index is 0.0708. The van der Waals surface area contributed by atoms with Crippen LogP contribution in [0.5, 0.6) is 0 Å². The standard InChI is InChI=1S/C12H23N5OS/c1-5-13-10-14-11(17(6-2)7-3)16-12(15-10)19-9(4)8-18/h9,18H,5-8H2,1-4H3,(H,13,14,15,16). The first kappa shape index (κ1) is 16.0. The van der Waals surface area contributed by atoms with E-state index in [9.17, 15) is 0 Å². The number of thioether (sulfide) groups is 1. The van der Waals surface area contributed by atoms with Crippen molar-refractivity contribution in [2.75, 3.05) is 36.5 Å². The predicted molar refractivity (Wildman–Crippen MR) is 80.0 cm³/mol. The van der Waals surface area contributed by atoms with Crippen LogP contribution in [0.15, 0.2) is 5.16 Å². The molecular weight excluding hydrogens is 262 g/mol. The van der Waals surface area contributed by atoms with Crippen molar-refractivity contribution in [3.63, 3.8) is 0 Å². The van der Waals surface area contributed by atoms with Gasteiger partial charge in [-0.2, -0.15) is 15.0 Å². The first-order chi connectivity index (χ1) is 9.14. The summed E-state index contributed by atoms with van der Waals surface area (Å²) in [7, 11) is 0. The number of rotatable bonds is 8. The molecule has 1 heterocycles. The molecule has 0 aliphatic heterocycles. The first-order valence-electron chi connectivity index (χ1n) is 6.66. The van der Waals surface area contributed by atoms with Gasteiger partial charge in [-0.15, -0.1) is 0 Å². The van der Waals surface area contributed by atoms with Gasteiger partial charge in [0.05, 0.1) is 6.61 Å². The molecule has 0 fully saturated rings. The van der Waals surface area contributed by atoms with Crippen molar-refractivity contribution < 1.29 is 5.11 Å². The van der Waals surface area contributed by atoms with E-state index in [-0.39, 0.29) is 11.9 Å². The van der Waals surface area contributed by atoms with Crippen LogP contribution in [0.1, 0.15) is 27.7 Å². The van der Waals surface area contributed by atoms with Gasteiger partial charge in [-0.25, -0.2) is 0 Å². The minimum Gasteiger partial charge on any atom is -0.395 e. The van der Waals surface area contributed by atoms with Gasteiger partial charge < -0.3 is 15.3 Å². The number of aromatic nitrogens is 3. The summed E-state index contributed by atoms with van der Waals surface area (Å²) in [5, 5.41) is 13.0. The highest BCUT2D eigenvalue weighted by Crippen LogP contribution is 2.22. The van der Waals surface area contributed by atoms with Crippen molar-refractivity contribution in [2.24, 2.45) is 0 Å². The normalized spacial score (nSPS) is 12.3. The molecule has 0 aliphatic rings. The topological polar surface area (TPSA) is 74.2 Å². The SMILES string of the molecule is CCNc1nc(SC(C)CO)nc(N(CC)CC)n1. The van der Waals surface area contributed by atoms with Gasteiger partial charge in [-0.3, -0.25) is 0 Å². The van der Waals surface area contributed by atoms with Gasteiger partial charge in [0.2, 0.25) is 11.9 Å². The van der Waals surface area contributed by atoms with E-state index < -0.39 is 0 Å². The molecule has 0 saturated carbocycles. The summed E-state index contributed by atoms with van der Waals surface area (Å²) in [6, 6.07) is 0. The Labute approximate surface area is 119 Å². The maximum atomic E-state index is 9.12. The highest BCUT2D eigenvalue weighted by atomic mass is 32.2. The molecule has 108 valence electrons. The summed E-state index contributed by atoms with van der Waals surface area (Å²) >= 11 is 1.46. The summed E-state index contributed by atoms with van der Waals surface area (Å²) in [5.74, 6) is 1.27. The number of hydrogen-bond donors (Lipinski definition) is 2. The van der Waals surface area contributed by atoms with Crippen molar-refractivity contribution >= 4 is 23.7 Å². The van der Waals surface area contributed by atoms with E-state index in [1.54, 1.807) is 0 Å². The second-order valence-electron chi connectivity index (χ2n) is 4.06. The zero-order valence-corrected chi connectivity index (χ0v) is 12.9. The predicted octanol–water partition coefficient (Wildman–Crippen LogP) is 1.62. The number of anilines is 2. The average molecular weight is 285 g/mol. The van der Waals surface area contributed by atoms with Crippen molar-refractivity contribution in [1.29, 1.82) is 0 Å². The maximum absolute atomic E-state index is 9.12. The van der Waals surface area contributed by atoms with Crippen LogP contribution in [0.3, 0.4) is 0 Å². The van der Waals surface area contributed by atoms with Crippen LogP contribution in [0.25, 0.3) is 0 Å². The van der Waals surface area contributed by atoms with Gasteiger partial charge >= 0.3 is 0 Å². The molecule has 1 aromatic rings. The van der Waals surface area contributed by atoms with E-state index in [1.807, 2.05) is 13.8 Å². The van der Waals surface area contributed by atoms with Crippen LogP contribution >= 0.6 is 11.8 Å². The molecular formula is C12H23N5OS. The van der Waals surface area contributed by atoms with E-state index in [1.165, 1.54) is 11.8 Å². The largest absolute Gasteiger partial charge is 0.395 e. The third-order valence-corrected chi connectivity index (χ3v) is 3.49. The summed E-state index contributed by atoms with van der Waals surface area (Å²) in [6.07, 6.45) is 0. The zero-order chi connectivity index (χ0) is 14.3. The Balaban J connectivity index is 3.02. The van der Waals surface area contributed by atoms with Crippen LogP contribution in [-0.4, -0.2) is 51.5 Å². The minimum absolute atomic E-state index is 0.0708. The Morgan fingerprint density at radius 2 is 1.89 bits per heavy atom. The van der Waals surface area contributed by atoms with Crippen molar-refractivity contribution in [3.05, 3.63) is 0 Å². The molecule has 2 N–H and O–H groups in total. The first-order valence-corrected chi connectivity index (χ1v) is 7.54. The second kappa shape index (κ2) is 8.16. The van der Waals surface area contributed by atoms with E-state index >= 15 is 0 Å². The molecule has 0 aliphatic carbocycles. The molecule has 7 heteroatoms. The molecule has 1 unspecified atom stereocenters. The lowest BCUT2D eigenvalue weighted by Crippen LogP contribution is -2.25. The number of aliphatic hydroxyl groups excluding tert-OH is 1. The Bertz CT molecular complexity index is 386. The summed E-state index contributed by atoms with van der Waals surface area (Å²) in [6.45, 7) is 10.7. The summed E-state index contributed by atoms with van der Waals surface area (Å²) < 4.78 is 0. The number of hydrogen-bond acceptors (Lipinski definition) is 7. The molecule has 0 bridgehead atoms. The second-order valence-corrected chi connectivity index (χ2v) is 5.46. The van der Waals surface area contributed by atoms with E-state index in [4.69, 9.17) is 5.11 Å². The fraction of sp³-hybridized carbons (Fsp3) is 0.750. The lowest BCUT2D eigenvalue weighted by atomic mass is 10.5. The van der Waals surface area contributed by atoms with E-state index in [0.29, 0.717) is 17.1 Å². The molecule has 0 aromatic carbocycles. The van der Waals surface area contributed by atoms with E-state index in [0.717, 1.165) is 19.6 Å². The maximum Gasteiger partial charge on any atom is 0.231 e. The molecule has 1 aromatic heterocycles. The molecule has 19 heavy (non-hydrogen) atoms. The monoisotopic (exact) mass is 285 g/mol. The highest BCUT2D eigenvalue weighted by Gasteiger charge is 2.13. The highest BCUT2D eigenvalue weighted by molar-refractivity contribution is 7.99. The summed E-state index contributed by atoms with van der Waals surface area (Å²) in [5.41, 5.74) is 0. The van der Waals surface area contributed by atoms with Crippen LogP contribution in [0.4, 0.5) is 11.9 Å². The fourth-order valence-corrected chi connectivity index (χ4v) is 2.21. The Hall–Kier alpha value is -1.08. The van der Waals surface area contributed by atoms with E-state index in [2.05, 4.69) is 39.0 Å². The van der Waals surface area contributed by atoms with Crippen molar-refractivity contribution in [2.45, 2.75) is 38.1 Å². The molecule has 0 saturated heterocycles. The molecule has 0 radical (unpaired) electrons. The fourth-order valence-electron chi connectivity index (χ4n) is 1.50. The zero-order valence-electron chi connectivity index (χ0n) is 12.1. The number of nitrogens with zero attached hydrogens (tertiary/aromatic N) is 4. The van der Waals surface area contributed by atoms with Gasteiger partial charge in [0, 0.05) is 24.9 Å². The Morgan fingerprint density at radius 1 is 1.21 bits per heavy atom. The van der Waals surface area contributed by atoms with Gasteiger partial charge in [-0.05, 0) is 20.8 Å². The van der Waals surface area contributed by atoms with Gasteiger partial charge in [0.1, 0.15) is 0 Å².